The van der Waals surface area contributed by atoms with E-state index >= 15 is 0 Å². The Morgan fingerprint density at radius 1 is 1.32 bits per heavy atom. The molecule has 3 rings (SSSR count). The lowest BCUT2D eigenvalue weighted by atomic mass is 10.2. The Morgan fingerprint density at radius 2 is 2.06 bits per heavy atom. The number of rotatable bonds is 11. The van der Waals surface area contributed by atoms with Gasteiger partial charge in [0, 0.05) is 24.1 Å². The molecule has 0 spiro atoms. The largest absolute Gasteiger partial charge is 0.663 e. The summed E-state index contributed by atoms with van der Waals surface area (Å²) in [7, 11) is -2.39. The quantitative estimate of drug-likeness (QED) is 0.300. The molecule has 4 atom stereocenters. The van der Waals surface area contributed by atoms with Gasteiger partial charge in [0.25, 0.3) is 0 Å². The number of nitrogens with two attached hydrogens (primary N) is 1. The van der Waals surface area contributed by atoms with Gasteiger partial charge in [0.2, 0.25) is 5.75 Å². The molecule has 182 valence electrons. The van der Waals surface area contributed by atoms with Crippen LogP contribution >= 0.6 is 8.18 Å². The van der Waals surface area contributed by atoms with Gasteiger partial charge in [0.05, 0.1) is 13.0 Å². The highest BCUT2D eigenvalue weighted by atomic mass is 31.1. The zero-order chi connectivity index (χ0) is 24.7. The van der Waals surface area contributed by atoms with Crippen molar-refractivity contribution < 1.29 is 38.0 Å². The van der Waals surface area contributed by atoms with Crippen LogP contribution in [-0.4, -0.2) is 52.0 Å². The third-order valence-electron chi connectivity index (χ3n) is 4.67. The van der Waals surface area contributed by atoms with Crippen LogP contribution in [0.3, 0.4) is 0 Å². The fourth-order valence-electron chi connectivity index (χ4n) is 3.20. The number of anilines is 1. The van der Waals surface area contributed by atoms with Crippen LogP contribution in [0.5, 0.6) is 11.5 Å². The second-order valence-corrected chi connectivity index (χ2v) is 8.23. The molecule has 0 radical (unpaired) electrons. The van der Waals surface area contributed by atoms with E-state index in [1.54, 1.807) is 18.2 Å². The molecule has 14 heteroatoms. The highest BCUT2D eigenvalue weighted by Crippen LogP contribution is 2.35. The van der Waals surface area contributed by atoms with E-state index < -0.39 is 44.2 Å². The molecule has 1 aliphatic rings. The van der Waals surface area contributed by atoms with Crippen molar-refractivity contribution in [2.75, 3.05) is 18.9 Å². The first-order chi connectivity index (χ1) is 16.2. The first-order valence-corrected chi connectivity index (χ1v) is 11.4. The summed E-state index contributed by atoms with van der Waals surface area (Å²) in [6, 6.07) is 7.89. The first-order valence-electron chi connectivity index (χ1n) is 10.2. The van der Waals surface area contributed by atoms with Gasteiger partial charge in [-0.05, 0) is 18.2 Å². The van der Waals surface area contributed by atoms with E-state index in [9.17, 15) is 18.9 Å². The standard InChI is InChI=1S/C20H23N4O9P/c1-12(25)31-15-10-18(24-9-7-17(21)23-20(24)28)32-16(15)11-30-13-4-2-3-5-14(13)33-34(29)22-8-6-19(26)27/h2-5,7,9,15-16,18H,6,8,10-11H2,1H3,(H3-,21,22,23,26,27,28,29)/p+1/t15-,16+,18+/m0/s1. The molecule has 1 saturated heterocycles. The Morgan fingerprint density at radius 3 is 2.74 bits per heavy atom. The number of carbonyl (C=O) groups is 2. The molecular weight excluding hydrogens is 471 g/mol. The Hall–Kier alpha value is -3.54. The van der Waals surface area contributed by atoms with Gasteiger partial charge in [-0.1, -0.05) is 17.2 Å². The predicted molar refractivity (Wildman–Crippen MR) is 117 cm³/mol. The summed E-state index contributed by atoms with van der Waals surface area (Å²) >= 11 is 0. The van der Waals surface area contributed by atoms with Gasteiger partial charge in [-0.15, -0.1) is 0 Å². The summed E-state index contributed by atoms with van der Waals surface area (Å²) < 4.78 is 35.7. The Bertz CT molecular complexity index is 1110. The number of esters is 1. The number of carboxylic acid groups (broad SMARTS) is 1. The van der Waals surface area contributed by atoms with Crippen LogP contribution in [0, 0.1) is 0 Å². The first kappa shape index (κ1) is 25.1. The number of aromatic nitrogens is 2. The number of hydrogen-bond acceptors (Lipinski definition) is 10. The summed E-state index contributed by atoms with van der Waals surface area (Å²) in [4.78, 5) is 38.0. The molecule has 0 saturated carbocycles. The van der Waals surface area contributed by atoms with E-state index in [2.05, 4.69) is 10.1 Å². The average Bonchev–Trinajstić information content (AvgIpc) is 3.14. The minimum absolute atomic E-state index is 0.0334. The molecule has 1 unspecified atom stereocenters. The van der Waals surface area contributed by atoms with Gasteiger partial charge >= 0.3 is 25.8 Å². The maximum atomic E-state index is 12.2. The van der Waals surface area contributed by atoms with Crippen molar-refractivity contribution in [2.24, 2.45) is 0 Å². The van der Waals surface area contributed by atoms with Crippen LogP contribution in [0.15, 0.2) is 41.3 Å². The molecule has 0 bridgehead atoms. The average molecular weight is 495 g/mol. The molecule has 1 fully saturated rings. The van der Waals surface area contributed by atoms with Crippen molar-refractivity contribution in [2.45, 2.75) is 38.2 Å². The molecule has 1 aromatic heterocycles. The molecule has 1 aliphatic heterocycles. The Labute approximate surface area is 194 Å². The molecule has 2 heterocycles. The van der Waals surface area contributed by atoms with Crippen molar-refractivity contribution in [3.05, 3.63) is 47.0 Å². The number of benzene rings is 1. The summed E-state index contributed by atoms with van der Waals surface area (Å²) in [6.07, 6.45) is -0.759. The molecule has 4 N–H and O–H groups in total. The SMILES string of the molecule is CC(=O)O[C@H]1C[C@H](n2ccc(N)nc2=O)O[C@@H]1COc1ccccc1O[P+](=O)NCCC(=O)O. The fraction of sp³-hybridized carbons (Fsp3) is 0.400. The van der Waals surface area contributed by atoms with Crippen LogP contribution in [0.25, 0.3) is 0 Å². The monoisotopic (exact) mass is 495 g/mol. The van der Waals surface area contributed by atoms with Crippen molar-refractivity contribution in [1.29, 1.82) is 0 Å². The zero-order valence-corrected chi connectivity index (χ0v) is 19.1. The van der Waals surface area contributed by atoms with E-state index in [0.29, 0.717) is 0 Å². The number of carboxylic acids is 1. The van der Waals surface area contributed by atoms with Crippen molar-refractivity contribution in [3.63, 3.8) is 0 Å². The second-order valence-electron chi connectivity index (χ2n) is 7.21. The summed E-state index contributed by atoms with van der Waals surface area (Å²) in [5.74, 6) is -1.08. The van der Waals surface area contributed by atoms with Gasteiger partial charge in [0.1, 0.15) is 30.9 Å². The lowest BCUT2D eigenvalue weighted by Crippen LogP contribution is -2.32. The molecule has 13 nitrogen and oxygen atoms in total. The highest BCUT2D eigenvalue weighted by Gasteiger charge is 2.39. The Balaban J connectivity index is 1.67. The van der Waals surface area contributed by atoms with Crippen LogP contribution < -0.4 is 25.8 Å². The molecule has 34 heavy (non-hydrogen) atoms. The number of hydrogen-bond donors (Lipinski definition) is 3. The molecular formula is C20H24N4O9P+. The van der Waals surface area contributed by atoms with E-state index in [0.717, 1.165) is 0 Å². The number of carbonyl (C=O) groups excluding carboxylic acids is 1. The number of aliphatic carboxylic acids is 1. The van der Waals surface area contributed by atoms with Crippen LogP contribution in [0.1, 0.15) is 26.0 Å². The number of nitrogens with zero attached hydrogens (tertiary/aromatic N) is 2. The van der Waals surface area contributed by atoms with Crippen LogP contribution in [0.2, 0.25) is 0 Å². The number of nitrogens with one attached hydrogen (secondary N) is 1. The van der Waals surface area contributed by atoms with Crippen LogP contribution in [0.4, 0.5) is 5.82 Å². The third-order valence-corrected chi connectivity index (χ3v) is 5.52. The molecule has 2 aromatic rings. The van der Waals surface area contributed by atoms with Gasteiger partial charge < -0.3 is 25.1 Å². The summed E-state index contributed by atoms with van der Waals surface area (Å²) in [5.41, 5.74) is 4.92. The van der Waals surface area contributed by atoms with Gasteiger partial charge in [-0.2, -0.15) is 4.98 Å². The highest BCUT2D eigenvalue weighted by molar-refractivity contribution is 7.37. The molecule has 1 aromatic carbocycles. The summed E-state index contributed by atoms with van der Waals surface area (Å²) in [6.45, 7) is 1.16. The van der Waals surface area contributed by atoms with E-state index in [4.69, 9.17) is 29.6 Å². The van der Waals surface area contributed by atoms with Crippen molar-refractivity contribution >= 4 is 25.9 Å². The number of nitrogen functional groups attached to an aromatic ring is 1. The zero-order valence-electron chi connectivity index (χ0n) is 18.2. The molecule has 0 amide bonds. The molecule has 0 aliphatic carbocycles. The minimum atomic E-state index is -2.39. The third kappa shape index (κ3) is 6.98. The van der Waals surface area contributed by atoms with Crippen LogP contribution in [-0.2, 0) is 23.6 Å². The topological polar surface area (TPSA) is 181 Å². The maximum Gasteiger partial charge on any atom is 0.663 e. The van der Waals surface area contributed by atoms with Crippen molar-refractivity contribution in [1.82, 2.24) is 14.6 Å². The van der Waals surface area contributed by atoms with Gasteiger partial charge in [-0.25, -0.2) is 9.32 Å². The van der Waals surface area contributed by atoms with E-state index in [1.165, 1.54) is 29.8 Å². The second kappa shape index (κ2) is 11.5. The van der Waals surface area contributed by atoms with E-state index in [1.807, 2.05) is 0 Å². The lowest BCUT2D eigenvalue weighted by Gasteiger charge is -2.19. The summed E-state index contributed by atoms with van der Waals surface area (Å²) in [5, 5.41) is 11.1. The Kier molecular flexibility index (Phi) is 8.52. The van der Waals surface area contributed by atoms with Gasteiger partial charge in [-0.3, -0.25) is 14.2 Å². The predicted octanol–water partition coefficient (Wildman–Crippen LogP) is 1.22. The number of ether oxygens (including phenoxy) is 3. The normalized spacial score (nSPS) is 19.9. The smallest absolute Gasteiger partial charge is 0.487 e. The maximum absolute atomic E-state index is 12.2. The number of para-hydroxylation sites is 2. The van der Waals surface area contributed by atoms with E-state index in [-0.39, 0.29) is 43.3 Å². The van der Waals surface area contributed by atoms with Crippen molar-refractivity contribution in [3.8, 4) is 11.5 Å². The fourth-order valence-corrected chi connectivity index (χ4v) is 3.88. The van der Waals surface area contributed by atoms with Gasteiger partial charge in [0.15, 0.2) is 5.75 Å². The minimum Gasteiger partial charge on any atom is -0.487 e. The lowest BCUT2D eigenvalue weighted by molar-refractivity contribution is -0.150.